The van der Waals surface area contributed by atoms with Gasteiger partial charge in [-0.25, -0.2) is 0 Å². The van der Waals surface area contributed by atoms with Crippen molar-refractivity contribution in [3.8, 4) is 0 Å². The summed E-state index contributed by atoms with van der Waals surface area (Å²) in [7, 11) is 1.53. The van der Waals surface area contributed by atoms with Gasteiger partial charge in [0.25, 0.3) is 0 Å². The van der Waals surface area contributed by atoms with E-state index in [0.717, 1.165) is 0 Å². The van der Waals surface area contributed by atoms with Crippen LogP contribution in [0.25, 0.3) is 0 Å². The molecule has 2 atom stereocenters. The summed E-state index contributed by atoms with van der Waals surface area (Å²) in [4.78, 5) is 22.7. The SMILES string of the molecule is CNC(=O)C(C)NC(=O)CC(N)C(C)(C)C. The Labute approximate surface area is 97.2 Å². The minimum atomic E-state index is -0.523. The molecule has 4 N–H and O–H groups in total. The third-order valence-electron chi connectivity index (χ3n) is 2.53. The molecule has 94 valence electrons. The highest BCUT2D eigenvalue weighted by atomic mass is 16.2. The van der Waals surface area contributed by atoms with Gasteiger partial charge in [-0.15, -0.1) is 0 Å². The van der Waals surface area contributed by atoms with Crippen LogP contribution in [0.15, 0.2) is 0 Å². The lowest BCUT2D eigenvalue weighted by Gasteiger charge is -2.26. The highest BCUT2D eigenvalue weighted by Crippen LogP contribution is 2.19. The fourth-order valence-corrected chi connectivity index (χ4v) is 1.09. The van der Waals surface area contributed by atoms with E-state index in [1.165, 1.54) is 7.05 Å². The lowest BCUT2D eigenvalue weighted by atomic mass is 9.85. The van der Waals surface area contributed by atoms with E-state index >= 15 is 0 Å². The summed E-state index contributed by atoms with van der Waals surface area (Å²) in [5.74, 6) is -0.406. The first kappa shape index (κ1) is 14.9. The van der Waals surface area contributed by atoms with Crippen LogP contribution in [0, 0.1) is 5.41 Å². The molecule has 0 aromatic heterocycles. The van der Waals surface area contributed by atoms with Crippen LogP contribution in [0.1, 0.15) is 34.1 Å². The largest absolute Gasteiger partial charge is 0.357 e. The van der Waals surface area contributed by atoms with Crippen molar-refractivity contribution >= 4 is 11.8 Å². The van der Waals surface area contributed by atoms with Gasteiger partial charge in [0.05, 0.1) is 0 Å². The minimum Gasteiger partial charge on any atom is -0.357 e. The molecule has 0 aliphatic heterocycles. The van der Waals surface area contributed by atoms with Crippen LogP contribution in [0.4, 0.5) is 0 Å². The summed E-state index contributed by atoms with van der Waals surface area (Å²) in [5.41, 5.74) is 5.76. The molecule has 0 aliphatic carbocycles. The summed E-state index contributed by atoms with van der Waals surface area (Å²) >= 11 is 0. The molecule has 16 heavy (non-hydrogen) atoms. The van der Waals surface area contributed by atoms with Gasteiger partial charge >= 0.3 is 0 Å². The second-order valence-electron chi connectivity index (χ2n) is 5.08. The Hall–Kier alpha value is -1.10. The van der Waals surface area contributed by atoms with Crippen LogP contribution in [0.3, 0.4) is 0 Å². The van der Waals surface area contributed by atoms with Gasteiger partial charge in [-0.05, 0) is 12.3 Å². The topological polar surface area (TPSA) is 84.2 Å². The summed E-state index contributed by atoms with van der Waals surface area (Å²) in [6, 6.07) is -0.742. The van der Waals surface area contributed by atoms with E-state index in [-0.39, 0.29) is 29.7 Å². The van der Waals surface area contributed by atoms with E-state index in [4.69, 9.17) is 5.73 Å². The summed E-state index contributed by atoms with van der Waals surface area (Å²) in [6.07, 6.45) is 0.227. The van der Waals surface area contributed by atoms with E-state index in [0.29, 0.717) is 0 Å². The first-order valence-electron chi connectivity index (χ1n) is 5.45. The first-order valence-corrected chi connectivity index (χ1v) is 5.45. The Bertz CT molecular complexity index is 258. The number of amides is 2. The van der Waals surface area contributed by atoms with Gasteiger partial charge in [0.15, 0.2) is 0 Å². The molecular weight excluding hydrogens is 206 g/mol. The number of rotatable bonds is 4. The van der Waals surface area contributed by atoms with Gasteiger partial charge in [-0.2, -0.15) is 0 Å². The quantitative estimate of drug-likeness (QED) is 0.634. The molecule has 0 saturated carbocycles. The van der Waals surface area contributed by atoms with Crippen LogP contribution in [0.5, 0.6) is 0 Å². The van der Waals surface area contributed by atoms with Crippen molar-refractivity contribution in [2.75, 3.05) is 7.05 Å². The van der Waals surface area contributed by atoms with Crippen LogP contribution in [-0.2, 0) is 9.59 Å². The Morgan fingerprint density at radius 2 is 1.81 bits per heavy atom. The maximum Gasteiger partial charge on any atom is 0.242 e. The summed E-state index contributed by atoms with van der Waals surface area (Å²) in [5, 5.41) is 5.07. The number of hydrogen-bond acceptors (Lipinski definition) is 3. The molecule has 0 radical (unpaired) electrons. The maximum atomic E-state index is 11.6. The fourth-order valence-electron chi connectivity index (χ4n) is 1.09. The van der Waals surface area contributed by atoms with Crippen molar-refractivity contribution < 1.29 is 9.59 Å². The molecule has 0 spiro atoms. The first-order chi connectivity index (χ1) is 7.18. The Kier molecular flexibility index (Phi) is 5.44. The molecule has 0 bridgehead atoms. The Balaban J connectivity index is 4.15. The minimum absolute atomic E-state index is 0.117. The molecule has 5 nitrogen and oxygen atoms in total. The molecule has 0 heterocycles. The molecule has 0 aromatic rings. The van der Waals surface area contributed by atoms with Crippen LogP contribution < -0.4 is 16.4 Å². The smallest absolute Gasteiger partial charge is 0.242 e. The van der Waals surface area contributed by atoms with Gasteiger partial charge in [0.2, 0.25) is 11.8 Å². The van der Waals surface area contributed by atoms with Gasteiger partial charge in [-0.3, -0.25) is 9.59 Å². The fraction of sp³-hybridized carbons (Fsp3) is 0.818. The second-order valence-corrected chi connectivity index (χ2v) is 5.08. The highest BCUT2D eigenvalue weighted by Gasteiger charge is 2.24. The van der Waals surface area contributed by atoms with Crippen molar-refractivity contribution in [2.24, 2.45) is 11.1 Å². The molecule has 0 fully saturated rings. The zero-order valence-electron chi connectivity index (χ0n) is 10.8. The summed E-state index contributed by atoms with van der Waals surface area (Å²) in [6.45, 7) is 7.58. The van der Waals surface area contributed by atoms with Gasteiger partial charge in [-0.1, -0.05) is 20.8 Å². The van der Waals surface area contributed by atoms with E-state index < -0.39 is 6.04 Å². The van der Waals surface area contributed by atoms with Crippen molar-refractivity contribution in [3.63, 3.8) is 0 Å². The van der Waals surface area contributed by atoms with Crippen LogP contribution in [0.2, 0.25) is 0 Å². The standard InChI is InChI=1S/C11H23N3O2/c1-7(10(16)13-5)14-9(15)6-8(12)11(2,3)4/h7-8H,6,12H2,1-5H3,(H,13,16)(H,14,15). The second kappa shape index (κ2) is 5.84. The molecule has 0 aromatic carbocycles. The number of nitrogens with one attached hydrogen (secondary N) is 2. The molecule has 2 unspecified atom stereocenters. The van der Waals surface area contributed by atoms with Gasteiger partial charge in [0, 0.05) is 19.5 Å². The van der Waals surface area contributed by atoms with Crippen LogP contribution >= 0.6 is 0 Å². The van der Waals surface area contributed by atoms with E-state index in [9.17, 15) is 9.59 Å². The van der Waals surface area contributed by atoms with E-state index in [1.54, 1.807) is 6.92 Å². The molecule has 2 amide bonds. The normalized spacial score (nSPS) is 15.1. The van der Waals surface area contributed by atoms with Gasteiger partial charge in [0.1, 0.15) is 6.04 Å². The third-order valence-corrected chi connectivity index (χ3v) is 2.53. The average Bonchev–Trinajstić information content (AvgIpc) is 2.14. The Morgan fingerprint density at radius 3 is 2.19 bits per heavy atom. The molecule has 0 saturated heterocycles. The molecule has 5 heteroatoms. The van der Waals surface area contributed by atoms with Crippen LogP contribution in [-0.4, -0.2) is 30.9 Å². The Morgan fingerprint density at radius 1 is 1.31 bits per heavy atom. The predicted octanol–water partition coefficient (Wildman–Crippen LogP) is 0.000600. The monoisotopic (exact) mass is 229 g/mol. The van der Waals surface area contributed by atoms with Crippen molar-refractivity contribution in [1.82, 2.24) is 10.6 Å². The lowest BCUT2D eigenvalue weighted by Crippen LogP contribution is -2.46. The number of carbonyl (C=O) groups is 2. The zero-order valence-corrected chi connectivity index (χ0v) is 10.8. The molecule has 0 rings (SSSR count). The number of carbonyl (C=O) groups excluding carboxylic acids is 2. The third kappa shape index (κ3) is 5.11. The van der Waals surface area contributed by atoms with E-state index in [2.05, 4.69) is 10.6 Å². The van der Waals surface area contributed by atoms with Crippen molar-refractivity contribution in [3.05, 3.63) is 0 Å². The van der Waals surface area contributed by atoms with Gasteiger partial charge < -0.3 is 16.4 Å². The maximum absolute atomic E-state index is 11.6. The molecule has 0 aliphatic rings. The predicted molar refractivity (Wildman–Crippen MR) is 63.7 cm³/mol. The zero-order chi connectivity index (χ0) is 12.9. The highest BCUT2D eigenvalue weighted by molar-refractivity contribution is 5.87. The van der Waals surface area contributed by atoms with E-state index in [1.807, 2.05) is 20.8 Å². The average molecular weight is 229 g/mol. The summed E-state index contributed by atoms with van der Waals surface area (Å²) < 4.78 is 0. The van der Waals surface area contributed by atoms with Crippen molar-refractivity contribution in [1.29, 1.82) is 0 Å². The number of nitrogens with two attached hydrogens (primary N) is 1. The number of likely N-dealkylation sites (N-methyl/N-ethyl adjacent to an activating group) is 1. The molecular formula is C11H23N3O2. The lowest BCUT2D eigenvalue weighted by molar-refractivity contribution is -0.128. The van der Waals surface area contributed by atoms with Crippen molar-refractivity contribution in [2.45, 2.75) is 46.2 Å². The number of hydrogen-bond donors (Lipinski definition) is 3.